The lowest BCUT2D eigenvalue weighted by atomic mass is 10.1. The van der Waals surface area contributed by atoms with Crippen LogP contribution in [-0.2, 0) is 11.8 Å². The molecular weight excluding hydrogens is 486 g/mol. The maximum absolute atomic E-state index is 12.6. The quantitative estimate of drug-likeness (QED) is 0.196. The Morgan fingerprint density at radius 3 is 2.61 bits per heavy atom. The van der Waals surface area contributed by atoms with Gasteiger partial charge in [0.05, 0.1) is 23.4 Å². The molecule has 11 nitrogen and oxygen atoms in total. The van der Waals surface area contributed by atoms with Crippen LogP contribution in [0.15, 0.2) is 48.8 Å². The van der Waals surface area contributed by atoms with Crippen LogP contribution in [0, 0.1) is 17.0 Å². The van der Waals surface area contributed by atoms with Gasteiger partial charge in [-0.2, -0.15) is 0 Å². The molecule has 0 fully saturated rings. The highest BCUT2D eigenvalue weighted by Crippen LogP contribution is 2.36. The second-order valence-electron chi connectivity index (χ2n) is 9.38. The first-order valence-electron chi connectivity index (χ1n) is 12.0. The second kappa shape index (κ2) is 10.9. The van der Waals surface area contributed by atoms with Gasteiger partial charge in [-0.15, -0.1) is 0 Å². The highest BCUT2D eigenvalue weighted by atomic mass is 16.6. The molecule has 0 bridgehead atoms. The highest BCUT2D eigenvalue weighted by molar-refractivity contribution is 6.02. The number of hydrogen-bond acceptors (Lipinski definition) is 9. The smallest absolute Gasteiger partial charge is 0.341 e. The van der Waals surface area contributed by atoms with Gasteiger partial charge in [0, 0.05) is 62.1 Å². The molecule has 2 heterocycles. The van der Waals surface area contributed by atoms with E-state index in [1.165, 1.54) is 19.4 Å². The van der Waals surface area contributed by atoms with Crippen LogP contribution in [-0.4, -0.2) is 71.7 Å². The molecule has 0 aliphatic carbocycles. The van der Waals surface area contributed by atoms with Crippen molar-refractivity contribution in [2.45, 2.75) is 6.92 Å². The lowest BCUT2D eigenvalue weighted by Gasteiger charge is -2.22. The monoisotopic (exact) mass is 517 g/mol. The minimum absolute atomic E-state index is 0.0280. The van der Waals surface area contributed by atoms with Crippen molar-refractivity contribution in [2.75, 3.05) is 51.6 Å². The maximum Gasteiger partial charge on any atom is 0.341 e. The average Bonchev–Trinajstić information content (AvgIpc) is 3.23. The van der Waals surface area contributed by atoms with Gasteiger partial charge < -0.3 is 24.4 Å². The van der Waals surface area contributed by atoms with E-state index in [1.54, 1.807) is 6.07 Å². The van der Waals surface area contributed by atoms with Crippen LogP contribution in [0.25, 0.3) is 22.2 Å². The number of para-hydroxylation sites is 1. The van der Waals surface area contributed by atoms with Gasteiger partial charge in [0.25, 0.3) is 5.69 Å². The molecule has 4 aromatic rings. The van der Waals surface area contributed by atoms with Gasteiger partial charge in [-0.1, -0.05) is 18.2 Å². The normalized spacial score (nSPS) is 11.1. The number of aromatic nitrogens is 3. The van der Waals surface area contributed by atoms with E-state index in [9.17, 15) is 14.9 Å². The molecule has 0 radical (unpaired) electrons. The van der Waals surface area contributed by atoms with E-state index >= 15 is 0 Å². The first kappa shape index (κ1) is 26.6. The standard InChI is InChI=1S/C27H31N7O4/c1-17-13-23(32(4)12-11-31(2)3)24(34(36)37)14-21(17)29-27-28-15-19(26(35)38-6)25(30-27)20-16-33(5)22-10-8-7-9-18(20)22/h7-10,13-16H,11-12H2,1-6H3,(H,28,29,30). The fraction of sp³-hybridized carbons (Fsp3) is 0.296. The van der Waals surface area contributed by atoms with Crippen molar-refractivity contribution in [3.8, 4) is 11.3 Å². The summed E-state index contributed by atoms with van der Waals surface area (Å²) in [5.41, 5.74) is 4.12. The van der Waals surface area contributed by atoms with E-state index in [1.807, 2.05) is 79.9 Å². The molecule has 1 N–H and O–H groups in total. The molecule has 4 rings (SSSR count). The minimum Gasteiger partial charge on any atom is -0.465 e. The Balaban J connectivity index is 1.77. The van der Waals surface area contributed by atoms with Crippen LogP contribution < -0.4 is 10.2 Å². The summed E-state index contributed by atoms with van der Waals surface area (Å²) in [5.74, 6) is -0.358. The van der Waals surface area contributed by atoms with Gasteiger partial charge >= 0.3 is 5.97 Å². The number of nitrogens with zero attached hydrogens (tertiary/aromatic N) is 6. The Kier molecular flexibility index (Phi) is 7.58. The van der Waals surface area contributed by atoms with Gasteiger partial charge in [0.1, 0.15) is 11.3 Å². The highest BCUT2D eigenvalue weighted by Gasteiger charge is 2.23. The summed E-state index contributed by atoms with van der Waals surface area (Å²) in [5, 5.41) is 16.0. The van der Waals surface area contributed by atoms with Gasteiger partial charge in [-0.05, 0) is 38.7 Å². The Hall–Kier alpha value is -4.51. The molecule has 0 saturated carbocycles. The number of hydrogen-bond donors (Lipinski definition) is 1. The number of esters is 1. The lowest BCUT2D eigenvalue weighted by molar-refractivity contribution is -0.384. The lowest BCUT2D eigenvalue weighted by Crippen LogP contribution is -2.29. The SMILES string of the molecule is COC(=O)c1cnc(Nc2cc([N+](=O)[O-])c(N(C)CCN(C)C)cc2C)nc1-c1cn(C)c2ccccc12. The summed E-state index contributed by atoms with van der Waals surface area (Å²) < 4.78 is 6.94. The second-order valence-corrected chi connectivity index (χ2v) is 9.38. The van der Waals surface area contributed by atoms with Crippen molar-refractivity contribution in [1.29, 1.82) is 0 Å². The molecule has 11 heteroatoms. The number of carbonyl (C=O) groups excluding carboxylic acids is 1. The number of likely N-dealkylation sites (N-methyl/N-ethyl adjacent to an activating group) is 2. The Morgan fingerprint density at radius 1 is 1.18 bits per heavy atom. The van der Waals surface area contributed by atoms with E-state index in [-0.39, 0.29) is 17.2 Å². The van der Waals surface area contributed by atoms with Crippen molar-refractivity contribution in [1.82, 2.24) is 19.4 Å². The largest absolute Gasteiger partial charge is 0.465 e. The van der Waals surface area contributed by atoms with E-state index in [0.717, 1.165) is 28.6 Å². The Bertz CT molecular complexity index is 1510. The third kappa shape index (κ3) is 5.28. The molecule has 0 atom stereocenters. The van der Waals surface area contributed by atoms with Crippen LogP contribution in [0.2, 0.25) is 0 Å². The number of benzene rings is 2. The summed E-state index contributed by atoms with van der Waals surface area (Å²) in [6.07, 6.45) is 3.31. The zero-order valence-electron chi connectivity index (χ0n) is 22.3. The summed E-state index contributed by atoms with van der Waals surface area (Å²) in [7, 11) is 8.98. The summed E-state index contributed by atoms with van der Waals surface area (Å²) >= 11 is 0. The molecule has 38 heavy (non-hydrogen) atoms. The summed E-state index contributed by atoms with van der Waals surface area (Å²) in [6.45, 7) is 3.25. The van der Waals surface area contributed by atoms with Crippen LogP contribution in [0.4, 0.5) is 23.0 Å². The van der Waals surface area contributed by atoms with Crippen molar-refractivity contribution in [2.24, 2.45) is 7.05 Å². The molecule has 0 aliphatic heterocycles. The fourth-order valence-electron chi connectivity index (χ4n) is 4.30. The third-order valence-corrected chi connectivity index (χ3v) is 6.40. The zero-order valence-corrected chi connectivity index (χ0v) is 22.3. The van der Waals surface area contributed by atoms with E-state index < -0.39 is 10.9 Å². The van der Waals surface area contributed by atoms with Crippen molar-refractivity contribution in [3.63, 3.8) is 0 Å². The molecule has 0 spiro atoms. The Labute approximate surface area is 220 Å². The fourth-order valence-corrected chi connectivity index (χ4v) is 4.30. The van der Waals surface area contributed by atoms with E-state index in [0.29, 0.717) is 23.6 Å². The van der Waals surface area contributed by atoms with E-state index in [2.05, 4.69) is 15.3 Å². The number of aryl methyl sites for hydroxylation is 2. The van der Waals surface area contributed by atoms with E-state index in [4.69, 9.17) is 4.74 Å². The number of anilines is 3. The van der Waals surface area contributed by atoms with Crippen LogP contribution in [0.3, 0.4) is 0 Å². The zero-order chi connectivity index (χ0) is 27.6. The van der Waals surface area contributed by atoms with Crippen molar-refractivity contribution in [3.05, 3.63) is 70.0 Å². The predicted octanol–water partition coefficient (Wildman–Crippen LogP) is 4.38. The predicted molar refractivity (Wildman–Crippen MR) is 148 cm³/mol. The van der Waals surface area contributed by atoms with Gasteiger partial charge in [0.15, 0.2) is 0 Å². The number of carbonyl (C=O) groups is 1. The molecule has 0 aliphatic rings. The number of methoxy groups -OCH3 is 1. The van der Waals surface area contributed by atoms with Crippen molar-refractivity contribution >= 4 is 39.9 Å². The first-order valence-corrected chi connectivity index (χ1v) is 12.0. The summed E-state index contributed by atoms with van der Waals surface area (Å²) in [4.78, 5) is 37.0. The number of fused-ring (bicyclic) bond motifs is 1. The summed E-state index contributed by atoms with van der Waals surface area (Å²) in [6, 6.07) is 11.1. The molecule has 0 unspecified atom stereocenters. The first-order chi connectivity index (χ1) is 18.1. The van der Waals surface area contributed by atoms with Gasteiger partial charge in [-0.3, -0.25) is 10.1 Å². The van der Waals surface area contributed by atoms with Crippen LogP contribution in [0.5, 0.6) is 0 Å². The van der Waals surface area contributed by atoms with Crippen molar-refractivity contribution < 1.29 is 14.5 Å². The van der Waals surface area contributed by atoms with Crippen LogP contribution >= 0.6 is 0 Å². The number of nitrogens with one attached hydrogen (secondary N) is 1. The minimum atomic E-state index is -0.559. The number of rotatable bonds is 9. The molecule has 2 aromatic heterocycles. The maximum atomic E-state index is 12.6. The third-order valence-electron chi connectivity index (χ3n) is 6.40. The molecule has 198 valence electrons. The molecule has 2 aromatic carbocycles. The molecule has 0 amide bonds. The topological polar surface area (TPSA) is 119 Å². The number of nitro groups is 1. The molecule has 0 saturated heterocycles. The van der Waals surface area contributed by atoms with Gasteiger partial charge in [0.2, 0.25) is 5.95 Å². The number of ether oxygens (including phenoxy) is 1. The Morgan fingerprint density at radius 2 is 1.92 bits per heavy atom. The number of nitro benzene ring substituents is 1. The van der Waals surface area contributed by atoms with Gasteiger partial charge in [-0.25, -0.2) is 14.8 Å². The average molecular weight is 518 g/mol. The molecular formula is C27H31N7O4. The van der Waals surface area contributed by atoms with Crippen LogP contribution in [0.1, 0.15) is 15.9 Å².